The SMILES string of the molecule is CC1c2c(n(CCCn3c(=O)n(C)c4cc([N+](=O)[O-])c([N+](=O)[O-])cc43)c(=O)n2C)C=C([N+](=O)[O-])C1[N+](=O)[O-]. The molecule has 2 atom stereocenters. The quantitative estimate of drug-likeness (QED) is 0.296. The first-order valence-electron chi connectivity index (χ1n) is 11.1. The Bertz CT molecular complexity index is 1700. The van der Waals surface area contributed by atoms with Crippen molar-refractivity contribution in [2.24, 2.45) is 14.1 Å². The van der Waals surface area contributed by atoms with Crippen LogP contribution in [0.25, 0.3) is 17.1 Å². The molecule has 38 heavy (non-hydrogen) atoms. The molecule has 18 nitrogen and oxygen atoms in total. The number of hydrogen-bond donors (Lipinski definition) is 0. The van der Waals surface area contributed by atoms with Crippen LogP contribution in [0.2, 0.25) is 0 Å². The molecule has 4 rings (SSSR count). The average Bonchev–Trinajstić information content (AvgIpc) is 3.22. The molecule has 0 saturated heterocycles. The molecule has 18 heteroatoms. The Morgan fingerprint density at radius 3 is 1.84 bits per heavy atom. The molecule has 3 aromatic rings. The van der Waals surface area contributed by atoms with Crippen molar-refractivity contribution in [1.82, 2.24) is 18.3 Å². The van der Waals surface area contributed by atoms with Crippen molar-refractivity contribution in [2.75, 3.05) is 0 Å². The van der Waals surface area contributed by atoms with Crippen LogP contribution in [0.3, 0.4) is 0 Å². The molecule has 1 aliphatic rings. The number of nitro groups is 4. The van der Waals surface area contributed by atoms with Gasteiger partial charge in [-0.2, -0.15) is 0 Å². The summed E-state index contributed by atoms with van der Waals surface area (Å²) in [7, 11) is 2.75. The molecule has 200 valence electrons. The summed E-state index contributed by atoms with van der Waals surface area (Å²) in [6.07, 6.45) is 1.12. The highest BCUT2D eigenvalue weighted by Gasteiger charge is 2.47. The van der Waals surface area contributed by atoms with Crippen molar-refractivity contribution in [3.63, 3.8) is 0 Å². The van der Waals surface area contributed by atoms with E-state index in [1.54, 1.807) is 0 Å². The lowest BCUT2D eigenvalue weighted by Gasteiger charge is -2.20. The lowest BCUT2D eigenvalue weighted by Crippen LogP contribution is -2.35. The standard InChI is InChI=1S/C20H20N8O10/c1-10-17-15(9-16(27(35)36)18(10)28(37)38)24(20(30)22(17)3)6-4-5-23-12-8-14(26(33)34)13(25(31)32)7-11(12)21(2)19(23)29/h7-10,18H,4-6H2,1-3H3. The highest BCUT2D eigenvalue weighted by Crippen LogP contribution is 2.35. The minimum absolute atomic E-state index is 0.0444. The van der Waals surface area contributed by atoms with Crippen LogP contribution in [0.15, 0.2) is 27.4 Å². The Labute approximate surface area is 210 Å². The second-order valence-electron chi connectivity index (χ2n) is 8.80. The van der Waals surface area contributed by atoms with Gasteiger partial charge in [0.25, 0.3) is 0 Å². The summed E-state index contributed by atoms with van der Waals surface area (Å²) in [5.74, 6) is -0.971. The molecular weight excluding hydrogens is 512 g/mol. The molecule has 0 saturated carbocycles. The van der Waals surface area contributed by atoms with Crippen LogP contribution in [0.5, 0.6) is 0 Å². The van der Waals surface area contributed by atoms with Crippen LogP contribution >= 0.6 is 0 Å². The van der Waals surface area contributed by atoms with Crippen molar-refractivity contribution >= 4 is 28.5 Å². The third-order valence-corrected chi connectivity index (χ3v) is 6.76. The first kappa shape index (κ1) is 25.9. The van der Waals surface area contributed by atoms with Gasteiger partial charge in [0, 0.05) is 50.3 Å². The van der Waals surface area contributed by atoms with E-state index in [0.29, 0.717) is 0 Å². The van der Waals surface area contributed by atoms with Gasteiger partial charge in [0.15, 0.2) is 0 Å². The fourth-order valence-electron chi connectivity index (χ4n) is 5.01. The molecule has 1 aromatic carbocycles. The van der Waals surface area contributed by atoms with E-state index in [1.807, 2.05) is 0 Å². The van der Waals surface area contributed by atoms with Crippen molar-refractivity contribution in [3.8, 4) is 0 Å². The Kier molecular flexibility index (Phi) is 6.17. The predicted molar refractivity (Wildman–Crippen MR) is 129 cm³/mol. The molecular formula is C20H20N8O10. The van der Waals surface area contributed by atoms with Crippen LogP contribution in [0, 0.1) is 40.5 Å². The van der Waals surface area contributed by atoms with Crippen molar-refractivity contribution in [2.45, 2.75) is 38.4 Å². The molecule has 0 radical (unpaired) electrons. The van der Waals surface area contributed by atoms with Crippen LogP contribution < -0.4 is 11.4 Å². The molecule has 0 N–H and O–H groups in total. The molecule has 2 unspecified atom stereocenters. The van der Waals surface area contributed by atoms with E-state index >= 15 is 0 Å². The van der Waals surface area contributed by atoms with Gasteiger partial charge < -0.3 is 0 Å². The van der Waals surface area contributed by atoms with Crippen molar-refractivity contribution < 1.29 is 19.7 Å². The van der Waals surface area contributed by atoms with Crippen molar-refractivity contribution in [3.05, 3.63) is 90.6 Å². The minimum Gasteiger partial charge on any atom is -0.298 e. The number of nitro benzene ring substituents is 2. The number of fused-ring (bicyclic) bond motifs is 2. The van der Waals surface area contributed by atoms with Crippen LogP contribution in [0.1, 0.15) is 30.7 Å². The monoisotopic (exact) mass is 532 g/mol. The Morgan fingerprint density at radius 2 is 1.32 bits per heavy atom. The molecule has 0 spiro atoms. The topological polar surface area (TPSA) is 226 Å². The lowest BCUT2D eigenvalue weighted by atomic mass is 9.89. The van der Waals surface area contributed by atoms with Gasteiger partial charge in [-0.05, 0) is 13.3 Å². The summed E-state index contributed by atoms with van der Waals surface area (Å²) in [4.78, 5) is 68.1. The number of nitrogens with zero attached hydrogens (tertiary/aromatic N) is 8. The van der Waals surface area contributed by atoms with Gasteiger partial charge in [-0.3, -0.25) is 58.7 Å². The molecule has 0 fully saturated rings. The van der Waals surface area contributed by atoms with Crippen molar-refractivity contribution in [1.29, 1.82) is 0 Å². The number of rotatable bonds is 8. The van der Waals surface area contributed by atoms with E-state index in [1.165, 1.54) is 34.7 Å². The highest BCUT2D eigenvalue weighted by atomic mass is 16.6. The Hall–Kier alpha value is -5.16. The van der Waals surface area contributed by atoms with Crippen LogP contribution in [0.4, 0.5) is 11.4 Å². The molecule has 0 bridgehead atoms. The molecule has 0 amide bonds. The summed E-state index contributed by atoms with van der Waals surface area (Å²) in [6.45, 7) is 1.33. The summed E-state index contributed by atoms with van der Waals surface area (Å²) in [5.41, 5.74) is -2.81. The van der Waals surface area contributed by atoms with Gasteiger partial charge >= 0.3 is 34.5 Å². The van der Waals surface area contributed by atoms with E-state index in [9.17, 15) is 50.0 Å². The largest absolute Gasteiger partial charge is 0.348 e. The maximum absolute atomic E-state index is 12.9. The molecule has 2 aromatic heterocycles. The fraction of sp³-hybridized carbons (Fsp3) is 0.400. The zero-order valence-corrected chi connectivity index (χ0v) is 20.2. The zero-order valence-electron chi connectivity index (χ0n) is 20.2. The third-order valence-electron chi connectivity index (χ3n) is 6.76. The number of aryl methyl sites for hydroxylation is 2. The van der Waals surface area contributed by atoms with Gasteiger partial charge in [0.1, 0.15) is 0 Å². The predicted octanol–water partition coefficient (Wildman–Crippen LogP) is 1.13. The maximum atomic E-state index is 12.9. The van der Waals surface area contributed by atoms with Gasteiger partial charge in [0.2, 0.25) is 0 Å². The number of benzene rings is 1. The van der Waals surface area contributed by atoms with Gasteiger partial charge in [-0.15, -0.1) is 0 Å². The van der Waals surface area contributed by atoms with E-state index in [0.717, 1.165) is 22.8 Å². The lowest BCUT2D eigenvalue weighted by molar-refractivity contribution is -0.558. The van der Waals surface area contributed by atoms with Gasteiger partial charge in [-0.25, -0.2) is 9.59 Å². The second kappa shape index (κ2) is 9.05. The first-order valence-corrected chi connectivity index (χ1v) is 11.1. The highest BCUT2D eigenvalue weighted by molar-refractivity contribution is 5.83. The number of imidazole rings is 2. The first-order chi connectivity index (χ1) is 17.8. The number of hydrogen-bond acceptors (Lipinski definition) is 10. The molecule has 0 aliphatic heterocycles. The summed E-state index contributed by atoms with van der Waals surface area (Å²) < 4.78 is 4.69. The minimum atomic E-state index is -1.65. The zero-order chi connectivity index (χ0) is 28.2. The van der Waals surface area contributed by atoms with E-state index in [4.69, 9.17) is 0 Å². The third kappa shape index (κ3) is 3.82. The average molecular weight is 532 g/mol. The smallest absolute Gasteiger partial charge is 0.298 e. The second-order valence-corrected chi connectivity index (χ2v) is 8.80. The Balaban J connectivity index is 1.73. The summed E-state index contributed by atoms with van der Waals surface area (Å²) in [6, 6.07) is 0.241. The normalized spacial score (nSPS) is 16.8. The van der Waals surface area contributed by atoms with Crippen LogP contribution in [-0.4, -0.2) is 44.0 Å². The molecule has 1 aliphatic carbocycles. The van der Waals surface area contributed by atoms with E-state index < -0.39 is 60.1 Å². The molecule has 2 heterocycles. The van der Waals surface area contributed by atoms with Gasteiger partial charge in [-0.1, -0.05) is 0 Å². The van der Waals surface area contributed by atoms with E-state index in [-0.39, 0.29) is 41.9 Å². The van der Waals surface area contributed by atoms with E-state index in [2.05, 4.69) is 0 Å². The summed E-state index contributed by atoms with van der Waals surface area (Å²) in [5, 5.41) is 45.8. The summed E-state index contributed by atoms with van der Waals surface area (Å²) >= 11 is 0. The Morgan fingerprint density at radius 1 is 0.789 bits per heavy atom. The van der Waals surface area contributed by atoms with Crippen LogP contribution in [-0.2, 0) is 27.2 Å². The maximum Gasteiger partial charge on any atom is 0.348 e. The fourth-order valence-corrected chi connectivity index (χ4v) is 5.01. The van der Waals surface area contributed by atoms with Gasteiger partial charge in [0.05, 0.1) is 43.1 Å². The number of aromatic nitrogens is 4.